The van der Waals surface area contributed by atoms with Crippen molar-refractivity contribution in [1.82, 2.24) is 4.90 Å². The lowest BCUT2D eigenvalue weighted by atomic mass is 9.94. The normalized spacial score (nSPS) is 45.6. The van der Waals surface area contributed by atoms with E-state index in [4.69, 9.17) is 5.73 Å². The number of hydrogen-bond donors (Lipinski definition) is 1. The molecule has 1 aliphatic heterocycles. The molecule has 0 aromatic heterocycles. The smallest absolute Gasteiger partial charge is 0.0252 e. The van der Waals surface area contributed by atoms with Crippen LogP contribution in [0.4, 0.5) is 0 Å². The monoisotopic (exact) mass is 196 g/mol. The minimum Gasteiger partial charge on any atom is -0.326 e. The van der Waals surface area contributed by atoms with Crippen LogP contribution in [0.2, 0.25) is 0 Å². The molecule has 0 aromatic carbocycles. The van der Waals surface area contributed by atoms with Crippen molar-refractivity contribution in [2.75, 3.05) is 0 Å². The first kappa shape index (κ1) is 10.4. The molecule has 1 heterocycles. The van der Waals surface area contributed by atoms with Crippen LogP contribution in [0.3, 0.4) is 0 Å². The molecule has 2 nitrogen and oxygen atoms in total. The van der Waals surface area contributed by atoms with Gasteiger partial charge in [0.05, 0.1) is 0 Å². The fourth-order valence-corrected chi connectivity index (χ4v) is 3.43. The van der Waals surface area contributed by atoms with Gasteiger partial charge in [-0.25, -0.2) is 0 Å². The van der Waals surface area contributed by atoms with Crippen molar-refractivity contribution in [3.8, 4) is 0 Å². The van der Waals surface area contributed by atoms with Gasteiger partial charge in [-0.05, 0) is 39.5 Å². The molecule has 0 bridgehead atoms. The Hall–Kier alpha value is -0.0800. The van der Waals surface area contributed by atoms with Crippen LogP contribution in [0.5, 0.6) is 0 Å². The zero-order chi connectivity index (χ0) is 10.1. The highest BCUT2D eigenvalue weighted by Crippen LogP contribution is 2.31. The van der Waals surface area contributed by atoms with Crippen LogP contribution in [0.15, 0.2) is 0 Å². The van der Waals surface area contributed by atoms with Crippen molar-refractivity contribution in [1.29, 1.82) is 0 Å². The number of likely N-dealkylation sites (tertiary alicyclic amines) is 1. The third-order valence-electron chi connectivity index (χ3n) is 4.18. The average molecular weight is 196 g/mol. The molecule has 2 aliphatic rings. The van der Waals surface area contributed by atoms with Crippen molar-refractivity contribution in [2.45, 2.75) is 76.5 Å². The van der Waals surface area contributed by atoms with Gasteiger partial charge >= 0.3 is 0 Å². The van der Waals surface area contributed by atoms with Crippen molar-refractivity contribution >= 4 is 0 Å². The van der Waals surface area contributed by atoms with Crippen molar-refractivity contribution in [3.05, 3.63) is 0 Å². The van der Waals surface area contributed by atoms with Gasteiger partial charge in [-0.15, -0.1) is 0 Å². The molecule has 82 valence electrons. The number of piperidine rings is 1. The molecule has 0 amide bonds. The second kappa shape index (κ2) is 4.19. The SMILES string of the molecule is CC1CCCC(C)N1C1CCCC1N. The van der Waals surface area contributed by atoms with E-state index in [1.54, 1.807) is 0 Å². The highest BCUT2D eigenvalue weighted by molar-refractivity contribution is 4.94. The summed E-state index contributed by atoms with van der Waals surface area (Å²) in [4.78, 5) is 2.71. The molecule has 0 radical (unpaired) electrons. The number of nitrogens with two attached hydrogens (primary N) is 1. The zero-order valence-corrected chi connectivity index (χ0v) is 9.58. The van der Waals surface area contributed by atoms with Crippen LogP contribution in [0.25, 0.3) is 0 Å². The number of hydrogen-bond acceptors (Lipinski definition) is 2. The van der Waals surface area contributed by atoms with Crippen LogP contribution in [-0.4, -0.2) is 29.1 Å². The second-order valence-electron chi connectivity index (χ2n) is 5.24. The summed E-state index contributed by atoms with van der Waals surface area (Å²) in [6.45, 7) is 4.75. The second-order valence-corrected chi connectivity index (χ2v) is 5.24. The Morgan fingerprint density at radius 2 is 1.50 bits per heavy atom. The third kappa shape index (κ3) is 1.82. The molecule has 4 unspecified atom stereocenters. The van der Waals surface area contributed by atoms with Crippen LogP contribution in [0.1, 0.15) is 52.4 Å². The summed E-state index contributed by atoms with van der Waals surface area (Å²) in [6, 6.07) is 2.64. The van der Waals surface area contributed by atoms with Crippen LogP contribution >= 0.6 is 0 Å². The van der Waals surface area contributed by atoms with E-state index in [-0.39, 0.29) is 0 Å². The lowest BCUT2D eigenvalue weighted by molar-refractivity contribution is 0.0509. The van der Waals surface area contributed by atoms with Crippen molar-refractivity contribution in [2.24, 2.45) is 5.73 Å². The Kier molecular flexibility index (Phi) is 3.13. The van der Waals surface area contributed by atoms with Gasteiger partial charge in [0.25, 0.3) is 0 Å². The quantitative estimate of drug-likeness (QED) is 0.696. The molecule has 0 aromatic rings. The minimum atomic E-state index is 0.443. The number of rotatable bonds is 1. The van der Waals surface area contributed by atoms with Gasteiger partial charge in [0.2, 0.25) is 0 Å². The summed E-state index contributed by atoms with van der Waals surface area (Å²) < 4.78 is 0. The Morgan fingerprint density at radius 3 is 2.00 bits per heavy atom. The largest absolute Gasteiger partial charge is 0.326 e. The molecule has 4 atom stereocenters. The van der Waals surface area contributed by atoms with E-state index in [0.717, 1.165) is 12.1 Å². The van der Waals surface area contributed by atoms with E-state index in [1.807, 2.05) is 0 Å². The van der Waals surface area contributed by atoms with E-state index in [9.17, 15) is 0 Å². The van der Waals surface area contributed by atoms with Gasteiger partial charge in [0, 0.05) is 24.2 Å². The molecular weight excluding hydrogens is 172 g/mol. The lowest BCUT2D eigenvalue weighted by Crippen LogP contribution is -2.54. The van der Waals surface area contributed by atoms with Crippen molar-refractivity contribution < 1.29 is 0 Å². The molecule has 1 aliphatic carbocycles. The van der Waals surface area contributed by atoms with Gasteiger partial charge in [0.15, 0.2) is 0 Å². The van der Waals surface area contributed by atoms with Gasteiger partial charge in [-0.3, -0.25) is 4.90 Å². The van der Waals surface area contributed by atoms with Gasteiger partial charge < -0.3 is 5.73 Å². The Bertz CT molecular complexity index is 183. The molecule has 1 saturated carbocycles. The fraction of sp³-hybridized carbons (Fsp3) is 1.00. The van der Waals surface area contributed by atoms with Crippen LogP contribution in [0, 0.1) is 0 Å². The maximum atomic E-state index is 6.19. The van der Waals surface area contributed by atoms with E-state index in [1.165, 1.54) is 38.5 Å². The summed E-state index contributed by atoms with van der Waals surface area (Å²) in [7, 11) is 0. The standard InChI is InChI=1S/C12H24N2/c1-9-5-3-6-10(2)14(9)12-8-4-7-11(12)13/h9-12H,3-8,13H2,1-2H3. The third-order valence-corrected chi connectivity index (χ3v) is 4.18. The molecule has 2 N–H and O–H groups in total. The Balaban J connectivity index is 2.05. The summed E-state index contributed by atoms with van der Waals surface area (Å²) in [5.41, 5.74) is 6.19. The van der Waals surface area contributed by atoms with Gasteiger partial charge in [-0.1, -0.05) is 12.8 Å². The topological polar surface area (TPSA) is 29.3 Å². The van der Waals surface area contributed by atoms with E-state index in [0.29, 0.717) is 12.1 Å². The maximum Gasteiger partial charge on any atom is 0.0252 e. The molecule has 14 heavy (non-hydrogen) atoms. The summed E-state index contributed by atoms with van der Waals surface area (Å²) in [6.07, 6.45) is 8.04. The first-order valence-electron chi connectivity index (χ1n) is 6.23. The summed E-state index contributed by atoms with van der Waals surface area (Å²) in [5, 5.41) is 0. The molecule has 0 spiro atoms. The minimum absolute atomic E-state index is 0.443. The molecule has 2 fully saturated rings. The molecule has 2 rings (SSSR count). The Labute approximate surface area is 87.8 Å². The average Bonchev–Trinajstić information content (AvgIpc) is 2.52. The van der Waals surface area contributed by atoms with E-state index < -0.39 is 0 Å². The zero-order valence-electron chi connectivity index (χ0n) is 9.58. The molecule has 2 heteroatoms. The number of nitrogens with zero attached hydrogens (tertiary/aromatic N) is 1. The highest BCUT2D eigenvalue weighted by atomic mass is 15.2. The maximum absolute atomic E-state index is 6.19. The van der Waals surface area contributed by atoms with Gasteiger partial charge in [0.1, 0.15) is 0 Å². The van der Waals surface area contributed by atoms with Crippen molar-refractivity contribution in [3.63, 3.8) is 0 Å². The van der Waals surface area contributed by atoms with Crippen LogP contribution < -0.4 is 5.73 Å². The molecule has 1 saturated heterocycles. The fourth-order valence-electron chi connectivity index (χ4n) is 3.43. The predicted octanol–water partition coefficient (Wildman–Crippen LogP) is 2.13. The van der Waals surface area contributed by atoms with E-state index >= 15 is 0 Å². The molecular formula is C12H24N2. The summed E-state index contributed by atoms with van der Waals surface area (Å²) >= 11 is 0. The highest BCUT2D eigenvalue weighted by Gasteiger charge is 2.36. The van der Waals surface area contributed by atoms with Crippen LogP contribution in [-0.2, 0) is 0 Å². The first-order chi connectivity index (χ1) is 6.70. The first-order valence-corrected chi connectivity index (χ1v) is 6.23. The van der Waals surface area contributed by atoms with Gasteiger partial charge in [-0.2, -0.15) is 0 Å². The van der Waals surface area contributed by atoms with E-state index in [2.05, 4.69) is 18.7 Å². The Morgan fingerprint density at radius 1 is 0.929 bits per heavy atom. The summed E-state index contributed by atoms with van der Waals surface area (Å²) in [5.74, 6) is 0. The lowest BCUT2D eigenvalue weighted by Gasteiger charge is -2.44. The predicted molar refractivity (Wildman–Crippen MR) is 60.2 cm³/mol.